The largest absolute Gasteiger partial charge is 0.489 e. The number of hydrogen-bond donors (Lipinski definition) is 2. The molecule has 2 bridgehead atoms. The zero-order valence-electron chi connectivity index (χ0n) is 15.2. The van der Waals surface area contributed by atoms with Gasteiger partial charge in [-0.1, -0.05) is 17.7 Å². The molecule has 2 N–H and O–H groups in total. The number of nitriles is 1. The van der Waals surface area contributed by atoms with Gasteiger partial charge in [-0.15, -0.1) is 0 Å². The first-order valence-electron chi connectivity index (χ1n) is 8.75. The second-order valence-corrected chi connectivity index (χ2v) is 6.66. The Kier molecular flexibility index (Phi) is 6.37. The van der Waals surface area contributed by atoms with E-state index in [0.717, 1.165) is 0 Å². The van der Waals surface area contributed by atoms with Crippen molar-refractivity contribution in [1.29, 1.82) is 5.26 Å². The number of halogens is 1. The number of fused-ring (bicyclic) bond motifs is 9. The van der Waals surface area contributed by atoms with Crippen molar-refractivity contribution in [3.05, 3.63) is 70.3 Å². The Morgan fingerprint density at radius 2 is 1.83 bits per heavy atom. The van der Waals surface area contributed by atoms with E-state index in [2.05, 4.69) is 5.32 Å². The average Bonchev–Trinajstić information content (AvgIpc) is 2.70. The molecule has 0 saturated heterocycles. The number of carboxylic acid groups (broad SMARTS) is 1. The normalized spacial score (nSPS) is 16.7. The van der Waals surface area contributed by atoms with Crippen LogP contribution in [0.5, 0.6) is 11.5 Å². The average molecular weight is 413 g/mol. The van der Waals surface area contributed by atoms with Crippen molar-refractivity contribution in [1.82, 2.24) is 5.32 Å². The molecule has 2 aliphatic rings. The van der Waals surface area contributed by atoms with Gasteiger partial charge >= 0.3 is 5.97 Å². The van der Waals surface area contributed by atoms with Crippen LogP contribution in [0.3, 0.4) is 0 Å². The van der Waals surface area contributed by atoms with Crippen LogP contribution in [-0.2, 0) is 11.2 Å². The molecule has 2 aromatic rings. The van der Waals surface area contributed by atoms with E-state index in [9.17, 15) is 14.7 Å². The molecule has 2 aliphatic heterocycles. The summed E-state index contributed by atoms with van der Waals surface area (Å²) in [4.78, 5) is 24.5. The SMILES string of the molecule is N#Cc1ccc2c(c1)C(=O)N[C@H](C(=O)O)Cc1ccc(c(Cl)c1)OCC=CCO2. The summed E-state index contributed by atoms with van der Waals surface area (Å²) in [6.07, 6.45) is 3.49. The zero-order valence-corrected chi connectivity index (χ0v) is 16.0. The van der Waals surface area contributed by atoms with Crippen LogP contribution in [0, 0.1) is 11.3 Å². The molecule has 8 heteroatoms. The molecule has 0 saturated carbocycles. The Hall–Kier alpha value is -3.50. The van der Waals surface area contributed by atoms with Crippen LogP contribution in [0.4, 0.5) is 0 Å². The van der Waals surface area contributed by atoms with Gasteiger partial charge in [0.05, 0.1) is 22.2 Å². The Morgan fingerprint density at radius 3 is 2.48 bits per heavy atom. The van der Waals surface area contributed by atoms with Crippen molar-refractivity contribution in [2.24, 2.45) is 0 Å². The van der Waals surface area contributed by atoms with Crippen LogP contribution in [0.25, 0.3) is 0 Å². The highest BCUT2D eigenvalue weighted by Crippen LogP contribution is 2.26. The molecule has 148 valence electrons. The van der Waals surface area contributed by atoms with Gasteiger partial charge in [0.1, 0.15) is 30.8 Å². The van der Waals surface area contributed by atoms with Crippen molar-refractivity contribution in [2.75, 3.05) is 13.2 Å². The van der Waals surface area contributed by atoms with Gasteiger partial charge in [0, 0.05) is 6.42 Å². The summed E-state index contributed by atoms with van der Waals surface area (Å²) < 4.78 is 11.2. The number of nitrogens with zero attached hydrogens (tertiary/aromatic N) is 1. The lowest BCUT2D eigenvalue weighted by molar-refractivity contribution is -0.139. The molecule has 0 fully saturated rings. The van der Waals surface area contributed by atoms with Crippen molar-refractivity contribution in [2.45, 2.75) is 12.5 Å². The maximum absolute atomic E-state index is 12.8. The fourth-order valence-corrected chi connectivity index (χ4v) is 3.03. The third-order valence-corrected chi connectivity index (χ3v) is 4.52. The first-order valence-corrected chi connectivity index (χ1v) is 9.12. The lowest BCUT2D eigenvalue weighted by atomic mass is 10.0. The molecule has 0 aliphatic carbocycles. The third kappa shape index (κ3) is 5.06. The molecule has 2 heterocycles. The molecule has 7 nitrogen and oxygen atoms in total. The van der Waals surface area contributed by atoms with Gasteiger partial charge in [-0.2, -0.15) is 5.26 Å². The molecule has 29 heavy (non-hydrogen) atoms. The maximum atomic E-state index is 12.8. The number of rotatable bonds is 1. The Bertz CT molecular complexity index is 1010. The number of nitrogens with one attached hydrogen (secondary N) is 1. The quantitative estimate of drug-likeness (QED) is 0.697. The second kappa shape index (κ2) is 9.13. The van der Waals surface area contributed by atoms with Crippen LogP contribution < -0.4 is 14.8 Å². The fraction of sp³-hybridized carbons (Fsp3) is 0.190. The summed E-state index contributed by atoms with van der Waals surface area (Å²) in [6.45, 7) is 0.422. The minimum absolute atomic E-state index is 0.0229. The van der Waals surface area contributed by atoms with Gasteiger partial charge in [0.25, 0.3) is 5.91 Å². The minimum atomic E-state index is -1.20. The van der Waals surface area contributed by atoms with Crippen molar-refractivity contribution >= 4 is 23.5 Å². The lowest BCUT2D eigenvalue weighted by Gasteiger charge is -2.17. The molecular weight excluding hydrogens is 396 g/mol. The highest BCUT2D eigenvalue weighted by Gasteiger charge is 2.24. The molecule has 0 unspecified atom stereocenters. The van der Waals surface area contributed by atoms with E-state index in [1.165, 1.54) is 18.2 Å². The Balaban J connectivity index is 1.98. The van der Waals surface area contributed by atoms with Crippen LogP contribution in [-0.4, -0.2) is 36.2 Å². The van der Waals surface area contributed by atoms with Crippen LogP contribution in [0.15, 0.2) is 48.6 Å². The lowest BCUT2D eigenvalue weighted by Crippen LogP contribution is -2.42. The van der Waals surface area contributed by atoms with E-state index in [1.807, 2.05) is 6.07 Å². The maximum Gasteiger partial charge on any atom is 0.326 e. The topological polar surface area (TPSA) is 109 Å². The molecule has 1 atom stereocenters. The highest BCUT2D eigenvalue weighted by molar-refractivity contribution is 6.32. The fourth-order valence-electron chi connectivity index (χ4n) is 2.77. The van der Waals surface area contributed by atoms with Crippen LogP contribution >= 0.6 is 11.6 Å². The van der Waals surface area contributed by atoms with Gasteiger partial charge in [0.15, 0.2) is 0 Å². The summed E-state index contributed by atoms with van der Waals surface area (Å²) in [5.74, 6) is -1.13. The molecule has 0 radical (unpaired) electrons. The highest BCUT2D eigenvalue weighted by atomic mass is 35.5. The summed E-state index contributed by atoms with van der Waals surface area (Å²) in [5.41, 5.74) is 0.968. The zero-order chi connectivity index (χ0) is 20.8. The van der Waals surface area contributed by atoms with Gasteiger partial charge in [-0.3, -0.25) is 4.79 Å². The number of benzene rings is 2. The molecule has 4 rings (SSSR count). The van der Waals surface area contributed by atoms with E-state index in [4.69, 9.17) is 26.3 Å². The van der Waals surface area contributed by atoms with Crippen molar-refractivity contribution in [3.63, 3.8) is 0 Å². The molecule has 2 aromatic carbocycles. The first kappa shape index (κ1) is 20.2. The predicted octanol–water partition coefficient (Wildman–Crippen LogP) is 2.96. The third-order valence-electron chi connectivity index (χ3n) is 4.23. The van der Waals surface area contributed by atoms with E-state index in [1.54, 1.807) is 30.4 Å². The van der Waals surface area contributed by atoms with E-state index < -0.39 is 17.9 Å². The van der Waals surface area contributed by atoms with E-state index in [-0.39, 0.29) is 36.5 Å². The number of carbonyl (C=O) groups excluding carboxylic acids is 1. The first-order chi connectivity index (χ1) is 14.0. The molecule has 0 aromatic heterocycles. The number of carboxylic acids is 1. The molecular formula is C21H17ClN2O5. The monoisotopic (exact) mass is 412 g/mol. The van der Waals surface area contributed by atoms with Gasteiger partial charge < -0.3 is 19.9 Å². The minimum Gasteiger partial charge on any atom is -0.489 e. The van der Waals surface area contributed by atoms with Crippen LogP contribution in [0.1, 0.15) is 21.5 Å². The summed E-state index contributed by atoms with van der Waals surface area (Å²) >= 11 is 6.21. The number of amides is 1. The summed E-state index contributed by atoms with van der Waals surface area (Å²) in [6, 6.07) is 10.1. The van der Waals surface area contributed by atoms with Crippen molar-refractivity contribution < 1.29 is 24.2 Å². The molecule has 1 amide bonds. The van der Waals surface area contributed by atoms with E-state index in [0.29, 0.717) is 16.3 Å². The van der Waals surface area contributed by atoms with Gasteiger partial charge in [0.2, 0.25) is 0 Å². The second-order valence-electron chi connectivity index (χ2n) is 6.25. The van der Waals surface area contributed by atoms with Crippen LogP contribution in [0.2, 0.25) is 5.02 Å². The number of ether oxygens (including phenoxy) is 2. The summed E-state index contributed by atoms with van der Waals surface area (Å²) in [7, 11) is 0. The van der Waals surface area contributed by atoms with E-state index >= 15 is 0 Å². The standard InChI is InChI=1S/C21H17ClN2O5/c22-16-10-13-3-6-19(16)29-8-2-1-7-28-18-5-4-14(12-23)9-15(18)20(25)24-17(11-13)21(26)27/h1-6,9-10,17H,7-8,11H2,(H,24,25)(H,26,27)/t17-/m0/s1. The van der Waals surface area contributed by atoms with Gasteiger partial charge in [-0.05, 0) is 48.0 Å². The summed E-state index contributed by atoms with van der Waals surface area (Å²) in [5, 5.41) is 21.5. The van der Waals surface area contributed by atoms with Gasteiger partial charge in [-0.25, -0.2) is 4.79 Å². The Morgan fingerprint density at radius 1 is 1.14 bits per heavy atom. The smallest absolute Gasteiger partial charge is 0.326 e. The number of aliphatic carboxylic acids is 1. The molecule has 0 spiro atoms. The van der Waals surface area contributed by atoms with Crippen molar-refractivity contribution in [3.8, 4) is 17.6 Å². The number of carbonyl (C=O) groups is 2. The predicted molar refractivity (Wildman–Crippen MR) is 105 cm³/mol. The Labute approximate surface area is 172 Å². The number of hydrogen-bond acceptors (Lipinski definition) is 5.